The van der Waals surface area contributed by atoms with Gasteiger partial charge in [-0.25, -0.2) is 4.68 Å². The van der Waals surface area contributed by atoms with Crippen molar-refractivity contribution >= 4 is 18.3 Å². The Hall–Kier alpha value is -1.92. The molecule has 6 nitrogen and oxygen atoms in total. The van der Waals surface area contributed by atoms with Crippen molar-refractivity contribution in [3.8, 4) is 0 Å². The van der Waals surface area contributed by atoms with Gasteiger partial charge in [-0.3, -0.25) is 4.79 Å². The monoisotopic (exact) mass is 431 g/mol. The molecule has 3 heterocycles. The van der Waals surface area contributed by atoms with Gasteiger partial charge in [0.05, 0.1) is 17.8 Å². The van der Waals surface area contributed by atoms with Crippen LogP contribution in [0.3, 0.4) is 0 Å². The summed E-state index contributed by atoms with van der Waals surface area (Å²) < 4.78 is 1.97. The molecule has 1 amide bonds. The van der Waals surface area contributed by atoms with Crippen LogP contribution in [0, 0.1) is 6.92 Å². The van der Waals surface area contributed by atoms with Crippen molar-refractivity contribution in [2.45, 2.75) is 70.9 Å². The number of piperidine rings is 1. The fraction of sp³-hybridized carbons (Fsp3) is 0.609. The number of rotatable bonds is 3. The van der Waals surface area contributed by atoms with Gasteiger partial charge < -0.3 is 10.2 Å². The summed E-state index contributed by atoms with van der Waals surface area (Å²) in [6, 6.07) is 9.25. The number of hydrogen-bond donors (Lipinski definition) is 1. The molecule has 1 aromatic carbocycles. The molecule has 1 atom stereocenters. The molecule has 2 aromatic rings. The lowest BCUT2D eigenvalue weighted by Crippen LogP contribution is -2.32. The van der Waals surface area contributed by atoms with Crippen LogP contribution in [0.15, 0.2) is 24.3 Å². The molecule has 0 spiro atoms. The van der Waals surface area contributed by atoms with E-state index in [1.165, 1.54) is 11.1 Å². The summed E-state index contributed by atoms with van der Waals surface area (Å²) >= 11 is 0. The van der Waals surface area contributed by atoms with E-state index in [0.717, 1.165) is 51.0 Å². The van der Waals surface area contributed by atoms with E-state index in [1.807, 2.05) is 16.5 Å². The van der Waals surface area contributed by atoms with Crippen LogP contribution in [0.4, 0.5) is 0 Å². The molecule has 30 heavy (non-hydrogen) atoms. The standard InChI is InChI=1S/C23H33N5O.ClH/c1-16-21(25-26-28(16)19-11-13-24-14-12-19)22(29)27-15-5-6-20(27)17-7-9-18(10-8-17)23(2,3)4;/h7-10,19-20,24H,5-6,11-15H2,1-4H3;1H. The molecule has 1 unspecified atom stereocenters. The predicted molar refractivity (Wildman–Crippen MR) is 121 cm³/mol. The minimum absolute atomic E-state index is 0. The van der Waals surface area contributed by atoms with Crippen molar-refractivity contribution < 1.29 is 4.79 Å². The second-order valence-electron chi connectivity index (χ2n) is 9.48. The third-order valence-electron chi connectivity index (χ3n) is 6.46. The minimum atomic E-state index is 0. The van der Waals surface area contributed by atoms with E-state index in [0.29, 0.717) is 11.7 Å². The Labute approximate surface area is 185 Å². The molecule has 0 aliphatic carbocycles. The maximum absolute atomic E-state index is 13.4. The molecule has 2 aliphatic rings. The number of amides is 1. The van der Waals surface area contributed by atoms with Gasteiger partial charge in [0.1, 0.15) is 0 Å². The van der Waals surface area contributed by atoms with E-state index in [2.05, 4.69) is 60.7 Å². The Morgan fingerprint density at radius 3 is 2.40 bits per heavy atom. The lowest BCUT2D eigenvalue weighted by molar-refractivity contribution is 0.0728. The molecule has 2 aliphatic heterocycles. The summed E-state index contributed by atoms with van der Waals surface area (Å²) in [6.07, 6.45) is 4.09. The molecule has 1 N–H and O–H groups in total. The second kappa shape index (κ2) is 9.06. The van der Waals surface area contributed by atoms with E-state index in [4.69, 9.17) is 0 Å². The van der Waals surface area contributed by atoms with Crippen LogP contribution >= 0.6 is 12.4 Å². The quantitative estimate of drug-likeness (QED) is 0.790. The molecule has 0 radical (unpaired) electrons. The zero-order valence-electron chi connectivity index (χ0n) is 18.5. The fourth-order valence-corrected chi connectivity index (χ4v) is 4.63. The second-order valence-corrected chi connectivity index (χ2v) is 9.48. The van der Waals surface area contributed by atoms with Crippen molar-refractivity contribution in [3.05, 3.63) is 46.8 Å². The highest BCUT2D eigenvalue weighted by Gasteiger charge is 2.34. The highest BCUT2D eigenvalue weighted by atomic mass is 35.5. The maximum atomic E-state index is 13.4. The number of nitrogens with zero attached hydrogens (tertiary/aromatic N) is 4. The number of likely N-dealkylation sites (tertiary alicyclic amines) is 1. The van der Waals surface area contributed by atoms with Gasteiger partial charge in [-0.2, -0.15) is 0 Å². The number of benzene rings is 1. The van der Waals surface area contributed by atoms with Gasteiger partial charge in [-0.15, -0.1) is 17.5 Å². The molecule has 4 rings (SSSR count). The molecule has 0 saturated carbocycles. The van der Waals surface area contributed by atoms with Gasteiger partial charge >= 0.3 is 0 Å². The Bertz CT molecular complexity index is 865. The minimum Gasteiger partial charge on any atom is -0.330 e. The molecule has 0 bridgehead atoms. The number of carbonyl (C=O) groups is 1. The number of halogens is 1. The molecular formula is C23H34ClN5O. The number of hydrogen-bond acceptors (Lipinski definition) is 4. The van der Waals surface area contributed by atoms with Crippen molar-refractivity contribution in [1.82, 2.24) is 25.2 Å². The first kappa shape index (κ1) is 22.8. The fourth-order valence-electron chi connectivity index (χ4n) is 4.63. The van der Waals surface area contributed by atoms with Crippen molar-refractivity contribution in [2.75, 3.05) is 19.6 Å². The summed E-state index contributed by atoms with van der Waals surface area (Å²) in [6.45, 7) is 11.4. The van der Waals surface area contributed by atoms with Gasteiger partial charge in [0.2, 0.25) is 0 Å². The SMILES string of the molecule is Cc1c(C(=O)N2CCCC2c2ccc(C(C)(C)C)cc2)nnn1C1CCNCC1.Cl. The molecule has 2 fully saturated rings. The van der Waals surface area contributed by atoms with Crippen LogP contribution in [0.25, 0.3) is 0 Å². The summed E-state index contributed by atoms with van der Waals surface area (Å²) in [4.78, 5) is 15.4. The largest absolute Gasteiger partial charge is 0.330 e. The Morgan fingerprint density at radius 2 is 1.77 bits per heavy atom. The zero-order valence-corrected chi connectivity index (χ0v) is 19.3. The first-order valence-corrected chi connectivity index (χ1v) is 10.9. The van der Waals surface area contributed by atoms with Crippen LogP contribution in [-0.2, 0) is 5.41 Å². The van der Waals surface area contributed by atoms with Crippen LogP contribution in [-0.4, -0.2) is 45.4 Å². The van der Waals surface area contributed by atoms with E-state index in [9.17, 15) is 4.79 Å². The Morgan fingerprint density at radius 1 is 1.10 bits per heavy atom. The topological polar surface area (TPSA) is 63.1 Å². The maximum Gasteiger partial charge on any atom is 0.276 e. The smallest absolute Gasteiger partial charge is 0.276 e. The molecule has 164 valence electrons. The van der Waals surface area contributed by atoms with E-state index < -0.39 is 0 Å². The highest BCUT2D eigenvalue weighted by molar-refractivity contribution is 5.93. The number of nitrogens with one attached hydrogen (secondary N) is 1. The van der Waals surface area contributed by atoms with Crippen LogP contribution in [0.1, 0.15) is 85.8 Å². The molecule has 2 saturated heterocycles. The van der Waals surface area contributed by atoms with E-state index >= 15 is 0 Å². The van der Waals surface area contributed by atoms with E-state index in [1.54, 1.807) is 0 Å². The van der Waals surface area contributed by atoms with E-state index in [-0.39, 0.29) is 29.8 Å². The normalized spacial score (nSPS) is 20.3. The van der Waals surface area contributed by atoms with Gasteiger partial charge in [-0.05, 0) is 62.2 Å². The van der Waals surface area contributed by atoms with Gasteiger partial charge in [0.25, 0.3) is 5.91 Å². The zero-order chi connectivity index (χ0) is 20.6. The summed E-state index contributed by atoms with van der Waals surface area (Å²) in [5.41, 5.74) is 4.08. The third kappa shape index (κ3) is 4.40. The first-order valence-electron chi connectivity index (χ1n) is 10.9. The first-order chi connectivity index (χ1) is 13.9. The van der Waals surface area contributed by atoms with Crippen molar-refractivity contribution in [1.29, 1.82) is 0 Å². The van der Waals surface area contributed by atoms with Crippen LogP contribution < -0.4 is 5.32 Å². The summed E-state index contributed by atoms with van der Waals surface area (Å²) in [7, 11) is 0. The Balaban J connectivity index is 0.00000256. The van der Waals surface area contributed by atoms with Crippen LogP contribution in [0.2, 0.25) is 0 Å². The predicted octanol–water partition coefficient (Wildman–Crippen LogP) is 4.21. The van der Waals surface area contributed by atoms with Gasteiger partial charge in [0.15, 0.2) is 5.69 Å². The average molecular weight is 432 g/mol. The molecular weight excluding hydrogens is 398 g/mol. The lowest BCUT2D eigenvalue weighted by atomic mass is 9.86. The lowest BCUT2D eigenvalue weighted by Gasteiger charge is -2.26. The molecule has 7 heteroatoms. The number of aromatic nitrogens is 3. The van der Waals surface area contributed by atoms with Crippen molar-refractivity contribution in [3.63, 3.8) is 0 Å². The highest BCUT2D eigenvalue weighted by Crippen LogP contribution is 2.34. The number of carbonyl (C=O) groups excluding carboxylic acids is 1. The van der Waals surface area contributed by atoms with Gasteiger partial charge in [0, 0.05) is 6.54 Å². The van der Waals surface area contributed by atoms with Gasteiger partial charge in [-0.1, -0.05) is 50.3 Å². The third-order valence-corrected chi connectivity index (χ3v) is 6.46. The average Bonchev–Trinajstić information content (AvgIpc) is 3.34. The summed E-state index contributed by atoms with van der Waals surface area (Å²) in [5.74, 6) is 0.0186. The van der Waals surface area contributed by atoms with Crippen LogP contribution in [0.5, 0.6) is 0 Å². The summed E-state index contributed by atoms with van der Waals surface area (Å²) in [5, 5.41) is 12.0. The molecule has 1 aromatic heterocycles. The Kier molecular flexibility index (Phi) is 6.88. The van der Waals surface area contributed by atoms with Crippen molar-refractivity contribution in [2.24, 2.45) is 0 Å².